The summed E-state index contributed by atoms with van der Waals surface area (Å²) < 4.78 is 6.43. The predicted octanol–water partition coefficient (Wildman–Crippen LogP) is 3.01. The molecule has 0 atom stereocenters. The maximum atomic E-state index is 13.1. The molecule has 9 nitrogen and oxygen atoms in total. The van der Waals surface area contributed by atoms with Crippen molar-refractivity contribution in [3.8, 4) is 0 Å². The van der Waals surface area contributed by atoms with Gasteiger partial charge >= 0.3 is 5.97 Å². The summed E-state index contributed by atoms with van der Waals surface area (Å²) in [7, 11) is 0. The van der Waals surface area contributed by atoms with Crippen LogP contribution in [0, 0.1) is 6.92 Å². The zero-order valence-electron chi connectivity index (χ0n) is 18.5. The zero-order valence-corrected chi connectivity index (χ0v) is 20.2. The van der Waals surface area contributed by atoms with Crippen molar-refractivity contribution >= 4 is 55.7 Å². The number of thiophene rings is 2. The number of anilines is 1. The van der Waals surface area contributed by atoms with E-state index in [9.17, 15) is 19.2 Å². The predicted molar refractivity (Wildman–Crippen MR) is 127 cm³/mol. The van der Waals surface area contributed by atoms with E-state index >= 15 is 0 Å². The number of primary amides is 1. The Morgan fingerprint density at radius 1 is 1.24 bits per heavy atom. The molecule has 2 amide bonds. The lowest BCUT2D eigenvalue weighted by Crippen LogP contribution is -2.28. The Hall–Kier alpha value is -3.05. The molecule has 0 radical (unpaired) electrons. The highest BCUT2D eigenvalue weighted by Gasteiger charge is 2.26. The number of esters is 1. The van der Waals surface area contributed by atoms with E-state index in [0.29, 0.717) is 25.8 Å². The number of hydrogen-bond donors (Lipinski definition) is 2. The van der Waals surface area contributed by atoms with Crippen LogP contribution in [0.1, 0.15) is 62.7 Å². The number of nitrogens with two attached hydrogens (primary N) is 1. The summed E-state index contributed by atoms with van der Waals surface area (Å²) in [6.07, 6.45) is 4.63. The van der Waals surface area contributed by atoms with Crippen LogP contribution in [0.3, 0.4) is 0 Å². The highest BCUT2D eigenvalue weighted by Crippen LogP contribution is 2.38. The van der Waals surface area contributed by atoms with Crippen molar-refractivity contribution in [2.45, 2.75) is 59.1 Å². The van der Waals surface area contributed by atoms with E-state index in [0.717, 1.165) is 47.5 Å². The summed E-state index contributed by atoms with van der Waals surface area (Å²) >= 11 is 2.45. The molecule has 0 aliphatic heterocycles. The standard InChI is InChI=1S/C22H24N4O5S2/c1-10(2)31-22(30)17-11(3)15-19(33-17)24-9-26(21(15)29)8-14(27)25-20-16(18(23)28)12-6-4-5-7-13(12)32-20/h9-10H,4-8H2,1-3H3,(H2,23,28)(H,25,27). The molecule has 3 N–H and O–H groups in total. The lowest BCUT2D eigenvalue weighted by atomic mass is 9.95. The third-order valence-electron chi connectivity index (χ3n) is 5.43. The van der Waals surface area contributed by atoms with E-state index in [1.165, 1.54) is 22.2 Å². The van der Waals surface area contributed by atoms with Crippen LogP contribution in [-0.4, -0.2) is 33.4 Å². The second kappa shape index (κ2) is 9.06. The lowest BCUT2D eigenvalue weighted by molar-refractivity contribution is -0.116. The minimum atomic E-state index is -0.570. The number of aromatic nitrogens is 2. The third kappa shape index (κ3) is 4.42. The number of carbonyl (C=O) groups excluding carboxylic acids is 3. The average molecular weight is 489 g/mol. The molecule has 11 heteroatoms. The number of amides is 2. The second-order valence-corrected chi connectivity index (χ2v) is 10.3. The van der Waals surface area contributed by atoms with Crippen molar-refractivity contribution in [3.63, 3.8) is 0 Å². The summed E-state index contributed by atoms with van der Waals surface area (Å²) in [5.74, 6) is -1.54. The third-order valence-corrected chi connectivity index (χ3v) is 7.82. The topological polar surface area (TPSA) is 133 Å². The molecule has 0 spiro atoms. The van der Waals surface area contributed by atoms with Crippen molar-refractivity contribution in [2.75, 3.05) is 5.32 Å². The largest absolute Gasteiger partial charge is 0.459 e. The molecule has 0 unspecified atom stereocenters. The van der Waals surface area contributed by atoms with E-state index in [1.807, 2.05) is 0 Å². The second-order valence-electron chi connectivity index (χ2n) is 8.20. The van der Waals surface area contributed by atoms with Crippen molar-refractivity contribution < 1.29 is 19.1 Å². The number of nitrogens with one attached hydrogen (secondary N) is 1. The van der Waals surface area contributed by atoms with Crippen LogP contribution in [0.4, 0.5) is 5.00 Å². The smallest absolute Gasteiger partial charge is 0.348 e. The monoisotopic (exact) mass is 488 g/mol. The number of carbonyl (C=O) groups is 3. The highest BCUT2D eigenvalue weighted by molar-refractivity contribution is 7.20. The SMILES string of the molecule is Cc1c(C(=O)OC(C)C)sc2ncn(CC(=O)Nc3sc4c(c3C(N)=O)CCCC4)c(=O)c12. The summed E-state index contributed by atoms with van der Waals surface area (Å²) in [6.45, 7) is 4.87. The van der Waals surface area contributed by atoms with E-state index in [-0.39, 0.29) is 18.0 Å². The first-order chi connectivity index (χ1) is 15.7. The van der Waals surface area contributed by atoms with Gasteiger partial charge in [-0.2, -0.15) is 0 Å². The Bertz CT molecular complexity index is 1330. The van der Waals surface area contributed by atoms with Crippen LogP contribution in [0.15, 0.2) is 11.1 Å². The Balaban J connectivity index is 1.60. The van der Waals surface area contributed by atoms with Crippen LogP contribution in [0.25, 0.3) is 10.2 Å². The first-order valence-corrected chi connectivity index (χ1v) is 12.2. The van der Waals surface area contributed by atoms with Gasteiger partial charge in [-0.25, -0.2) is 9.78 Å². The van der Waals surface area contributed by atoms with Crippen LogP contribution in [-0.2, 0) is 28.9 Å². The Morgan fingerprint density at radius 2 is 1.97 bits per heavy atom. The first-order valence-electron chi connectivity index (χ1n) is 10.6. The number of aryl methyl sites for hydroxylation is 2. The Kier molecular flexibility index (Phi) is 6.35. The van der Waals surface area contributed by atoms with E-state index < -0.39 is 23.3 Å². The van der Waals surface area contributed by atoms with Gasteiger partial charge in [0, 0.05) is 4.88 Å². The summed E-state index contributed by atoms with van der Waals surface area (Å²) in [4.78, 5) is 56.3. The molecule has 0 bridgehead atoms. The molecule has 3 aromatic rings. The molecule has 0 fully saturated rings. The van der Waals surface area contributed by atoms with Crippen molar-refractivity contribution in [1.82, 2.24) is 9.55 Å². The van der Waals surface area contributed by atoms with E-state index in [2.05, 4.69) is 10.3 Å². The fourth-order valence-corrected chi connectivity index (χ4v) is 6.30. The molecule has 174 valence electrons. The summed E-state index contributed by atoms with van der Waals surface area (Å²) in [5, 5.41) is 3.46. The molecule has 0 aromatic carbocycles. The molecule has 33 heavy (non-hydrogen) atoms. The van der Waals surface area contributed by atoms with Gasteiger partial charge in [-0.1, -0.05) is 0 Å². The number of rotatable bonds is 6. The van der Waals surface area contributed by atoms with Gasteiger partial charge in [-0.3, -0.25) is 19.0 Å². The Morgan fingerprint density at radius 3 is 2.67 bits per heavy atom. The maximum absolute atomic E-state index is 13.1. The average Bonchev–Trinajstić information content (AvgIpc) is 3.27. The quantitative estimate of drug-likeness (QED) is 0.513. The number of hydrogen-bond acceptors (Lipinski definition) is 8. The molecule has 0 saturated carbocycles. The lowest BCUT2D eigenvalue weighted by Gasteiger charge is -2.11. The molecule has 3 heterocycles. The fourth-order valence-electron chi connectivity index (χ4n) is 3.97. The maximum Gasteiger partial charge on any atom is 0.348 e. The first kappa shape index (κ1) is 23.1. The molecular weight excluding hydrogens is 464 g/mol. The molecule has 1 aliphatic carbocycles. The highest BCUT2D eigenvalue weighted by atomic mass is 32.1. The normalized spacial score (nSPS) is 13.2. The van der Waals surface area contributed by atoms with Gasteiger partial charge in [0.05, 0.1) is 23.4 Å². The molecule has 0 saturated heterocycles. The zero-order chi connectivity index (χ0) is 23.9. The van der Waals surface area contributed by atoms with Crippen LogP contribution in [0.2, 0.25) is 0 Å². The van der Waals surface area contributed by atoms with Crippen molar-refractivity contribution in [2.24, 2.45) is 5.73 Å². The van der Waals surface area contributed by atoms with Crippen LogP contribution >= 0.6 is 22.7 Å². The molecule has 3 aromatic heterocycles. The van der Waals surface area contributed by atoms with Gasteiger partial charge in [-0.05, 0) is 57.6 Å². The molecule has 1 aliphatic rings. The summed E-state index contributed by atoms with van der Waals surface area (Å²) in [5.41, 5.74) is 6.93. The van der Waals surface area contributed by atoms with Crippen molar-refractivity contribution in [3.05, 3.63) is 43.1 Å². The minimum Gasteiger partial charge on any atom is -0.459 e. The van der Waals surface area contributed by atoms with Gasteiger partial charge in [-0.15, -0.1) is 22.7 Å². The van der Waals surface area contributed by atoms with Crippen LogP contribution in [0.5, 0.6) is 0 Å². The van der Waals surface area contributed by atoms with Gasteiger partial charge in [0.1, 0.15) is 21.3 Å². The molecule has 4 rings (SSSR count). The van der Waals surface area contributed by atoms with E-state index in [4.69, 9.17) is 10.5 Å². The van der Waals surface area contributed by atoms with Gasteiger partial charge in [0.25, 0.3) is 11.5 Å². The summed E-state index contributed by atoms with van der Waals surface area (Å²) in [6, 6.07) is 0. The number of fused-ring (bicyclic) bond motifs is 2. The minimum absolute atomic E-state index is 0.287. The van der Waals surface area contributed by atoms with Gasteiger partial charge in [0.2, 0.25) is 5.91 Å². The van der Waals surface area contributed by atoms with E-state index in [1.54, 1.807) is 20.8 Å². The van der Waals surface area contributed by atoms with Gasteiger partial charge in [0.15, 0.2) is 0 Å². The van der Waals surface area contributed by atoms with Crippen molar-refractivity contribution in [1.29, 1.82) is 0 Å². The number of ether oxygens (including phenoxy) is 1. The van der Waals surface area contributed by atoms with Crippen LogP contribution < -0.4 is 16.6 Å². The Labute approximate surface area is 197 Å². The number of nitrogens with zero attached hydrogens (tertiary/aromatic N) is 2. The fraction of sp³-hybridized carbons (Fsp3) is 0.409. The van der Waals surface area contributed by atoms with Gasteiger partial charge < -0.3 is 15.8 Å². The molecular formula is C22H24N4O5S2.